The maximum absolute atomic E-state index is 5.65. The van der Waals surface area contributed by atoms with E-state index in [4.69, 9.17) is 12.2 Å². The van der Waals surface area contributed by atoms with Gasteiger partial charge in [-0.05, 0) is 48.9 Å². The highest BCUT2D eigenvalue weighted by atomic mass is 32.1. The molecule has 0 atom stereocenters. The van der Waals surface area contributed by atoms with Crippen molar-refractivity contribution in [2.45, 2.75) is 46.5 Å². The number of nitrogens with zero attached hydrogens (tertiary/aromatic N) is 2. The number of nitrogens with one attached hydrogen (secondary N) is 1. The lowest BCUT2D eigenvalue weighted by atomic mass is 10.1. The van der Waals surface area contributed by atoms with E-state index in [0.717, 1.165) is 47.4 Å². The lowest BCUT2D eigenvalue weighted by molar-refractivity contribution is 0.558. The standard InChI is InChI=1S/C17H25N3S/c1-4-7-15-12-14-9-6-10-18-16(14)20(17(15)21)19-11-5-8-13(2)3/h6,9-10,12-13,19H,4-5,7-8,11H2,1-3H3. The quantitative estimate of drug-likeness (QED) is 0.594. The summed E-state index contributed by atoms with van der Waals surface area (Å²) in [4.78, 5) is 4.49. The molecule has 0 bridgehead atoms. The van der Waals surface area contributed by atoms with Crippen LogP contribution in [0.4, 0.5) is 0 Å². The molecule has 0 saturated heterocycles. The molecule has 0 aliphatic carbocycles. The summed E-state index contributed by atoms with van der Waals surface area (Å²) in [7, 11) is 0. The fraction of sp³-hybridized carbons (Fsp3) is 0.529. The summed E-state index contributed by atoms with van der Waals surface area (Å²) in [5.41, 5.74) is 5.61. The van der Waals surface area contributed by atoms with Crippen LogP contribution < -0.4 is 5.43 Å². The third kappa shape index (κ3) is 4.03. The van der Waals surface area contributed by atoms with Gasteiger partial charge in [-0.15, -0.1) is 0 Å². The molecule has 0 amide bonds. The Balaban J connectivity index is 2.30. The van der Waals surface area contributed by atoms with Crippen LogP contribution in [0.2, 0.25) is 0 Å². The molecule has 1 N–H and O–H groups in total. The Morgan fingerprint density at radius 3 is 2.90 bits per heavy atom. The number of pyridine rings is 2. The molecule has 0 aliphatic heterocycles. The van der Waals surface area contributed by atoms with Crippen LogP contribution in [0.15, 0.2) is 24.4 Å². The predicted octanol–water partition coefficient (Wildman–Crippen LogP) is 4.70. The molecule has 21 heavy (non-hydrogen) atoms. The summed E-state index contributed by atoms with van der Waals surface area (Å²) in [6.07, 6.45) is 6.30. The van der Waals surface area contributed by atoms with Crippen molar-refractivity contribution in [3.8, 4) is 0 Å². The van der Waals surface area contributed by atoms with E-state index in [1.807, 2.05) is 16.9 Å². The van der Waals surface area contributed by atoms with Crippen LogP contribution in [0.5, 0.6) is 0 Å². The third-order valence-corrected chi connectivity index (χ3v) is 4.03. The highest BCUT2D eigenvalue weighted by Gasteiger charge is 2.06. The van der Waals surface area contributed by atoms with Crippen molar-refractivity contribution in [1.82, 2.24) is 9.66 Å². The molecule has 0 saturated carbocycles. The average molecular weight is 303 g/mol. The van der Waals surface area contributed by atoms with Gasteiger partial charge in [0.15, 0.2) is 5.65 Å². The van der Waals surface area contributed by atoms with Crippen molar-refractivity contribution in [2.75, 3.05) is 12.0 Å². The fourth-order valence-electron chi connectivity index (χ4n) is 2.49. The Hall–Kier alpha value is -1.42. The van der Waals surface area contributed by atoms with Crippen molar-refractivity contribution in [3.05, 3.63) is 34.6 Å². The van der Waals surface area contributed by atoms with Crippen LogP contribution in [-0.4, -0.2) is 16.2 Å². The highest BCUT2D eigenvalue weighted by molar-refractivity contribution is 7.71. The normalized spacial score (nSPS) is 11.2. The second-order valence-corrected chi connectivity index (χ2v) is 6.31. The summed E-state index contributed by atoms with van der Waals surface area (Å²) < 4.78 is 2.86. The van der Waals surface area contributed by atoms with E-state index >= 15 is 0 Å². The Bertz CT molecular complexity index is 646. The lowest BCUT2D eigenvalue weighted by Gasteiger charge is -2.16. The van der Waals surface area contributed by atoms with E-state index in [2.05, 4.69) is 43.3 Å². The van der Waals surface area contributed by atoms with E-state index in [1.54, 1.807) is 0 Å². The first-order valence-corrected chi connectivity index (χ1v) is 8.27. The number of hydrogen-bond donors (Lipinski definition) is 1. The van der Waals surface area contributed by atoms with Gasteiger partial charge < -0.3 is 5.43 Å². The molecular weight excluding hydrogens is 278 g/mol. The zero-order valence-electron chi connectivity index (χ0n) is 13.2. The first-order valence-electron chi connectivity index (χ1n) is 7.87. The van der Waals surface area contributed by atoms with Crippen LogP contribution in [0.1, 0.15) is 45.6 Å². The van der Waals surface area contributed by atoms with Gasteiger partial charge in [0.05, 0.1) is 0 Å². The third-order valence-electron chi connectivity index (χ3n) is 3.58. The summed E-state index contributed by atoms with van der Waals surface area (Å²) in [6, 6.07) is 6.26. The molecular formula is C17H25N3S. The van der Waals surface area contributed by atoms with Crippen molar-refractivity contribution in [1.29, 1.82) is 0 Å². The van der Waals surface area contributed by atoms with Gasteiger partial charge in [-0.2, -0.15) is 0 Å². The molecule has 2 aromatic rings. The van der Waals surface area contributed by atoms with E-state index < -0.39 is 0 Å². The van der Waals surface area contributed by atoms with Crippen molar-refractivity contribution < 1.29 is 0 Å². The topological polar surface area (TPSA) is 29.9 Å². The molecule has 0 unspecified atom stereocenters. The number of aromatic nitrogens is 2. The van der Waals surface area contributed by atoms with Gasteiger partial charge in [-0.25, -0.2) is 9.66 Å². The molecule has 0 aliphatic rings. The van der Waals surface area contributed by atoms with Gasteiger partial charge in [0, 0.05) is 18.1 Å². The molecule has 2 rings (SSSR count). The van der Waals surface area contributed by atoms with Crippen LogP contribution in [0, 0.1) is 10.6 Å². The number of hydrogen-bond acceptors (Lipinski definition) is 3. The zero-order valence-corrected chi connectivity index (χ0v) is 14.0. The van der Waals surface area contributed by atoms with Gasteiger partial charge in [-0.3, -0.25) is 0 Å². The minimum Gasteiger partial charge on any atom is -0.323 e. The molecule has 2 heterocycles. The van der Waals surface area contributed by atoms with Gasteiger partial charge >= 0.3 is 0 Å². The predicted molar refractivity (Wildman–Crippen MR) is 92.9 cm³/mol. The molecule has 2 aromatic heterocycles. The van der Waals surface area contributed by atoms with Crippen molar-refractivity contribution >= 4 is 23.3 Å². The van der Waals surface area contributed by atoms with E-state index in [9.17, 15) is 0 Å². The summed E-state index contributed by atoms with van der Waals surface area (Å²) in [6.45, 7) is 7.62. The lowest BCUT2D eigenvalue weighted by Crippen LogP contribution is -2.20. The molecule has 0 radical (unpaired) electrons. The monoisotopic (exact) mass is 303 g/mol. The van der Waals surface area contributed by atoms with Gasteiger partial charge in [0.25, 0.3) is 0 Å². The van der Waals surface area contributed by atoms with Gasteiger partial charge in [0.2, 0.25) is 0 Å². The highest BCUT2D eigenvalue weighted by Crippen LogP contribution is 2.16. The van der Waals surface area contributed by atoms with E-state index in [1.165, 1.54) is 12.0 Å². The molecule has 3 nitrogen and oxygen atoms in total. The van der Waals surface area contributed by atoms with Crippen molar-refractivity contribution in [2.24, 2.45) is 5.92 Å². The van der Waals surface area contributed by atoms with Crippen LogP contribution >= 0.6 is 12.2 Å². The van der Waals surface area contributed by atoms with Crippen molar-refractivity contribution in [3.63, 3.8) is 0 Å². The number of rotatable bonds is 7. The fourth-order valence-corrected chi connectivity index (χ4v) is 2.81. The number of fused-ring (bicyclic) bond motifs is 1. The maximum Gasteiger partial charge on any atom is 0.159 e. The molecule has 0 spiro atoms. The minimum atomic E-state index is 0.737. The Morgan fingerprint density at radius 1 is 1.38 bits per heavy atom. The SMILES string of the molecule is CCCc1cc2cccnc2n(NCCCC(C)C)c1=S. The summed E-state index contributed by atoms with van der Waals surface area (Å²) in [5, 5.41) is 1.14. The van der Waals surface area contributed by atoms with Crippen LogP contribution in [0.3, 0.4) is 0 Å². The largest absolute Gasteiger partial charge is 0.323 e. The summed E-state index contributed by atoms with van der Waals surface area (Å²) in [5.74, 6) is 0.737. The summed E-state index contributed by atoms with van der Waals surface area (Å²) >= 11 is 5.65. The first-order chi connectivity index (χ1) is 10.1. The minimum absolute atomic E-state index is 0.737. The second kappa shape index (κ2) is 7.55. The van der Waals surface area contributed by atoms with Crippen LogP contribution in [-0.2, 0) is 6.42 Å². The van der Waals surface area contributed by atoms with Crippen LogP contribution in [0.25, 0.3) is 11.0 Å². The Labute approximate surface area is 132 Å². The first kappa shape index (κ1) is 16.0. The zero-order chi connectivity index (χ0) is 15.2. The molecule has 0 fully saturated rings. The Morgan fingerprint density at radius 2 is 2.19 bits per heavy atom. The van der Waals surface area contributed by atoms with Gasteiger partial charge in [0.1, 0.15) is 4.64 Å². The molecule has 4 heteroatoms. The van der Waals surface area contributed by atoms with E-state index in [-0.39, 0.29) is 0 Å². The smallest absolute Gasteiger partial charge is 0.159 e. The Kier molecular flexibility index (Phi) is 5.74. The average Bonchev–Trinajstić information content (AvgIpc) is 2.46. The van der Waals surface area contributed by atoms with Gasteiger partial charge in [-0.1, -0.05) is 39.4 Å². The number of aryl methyl sites for hydroxylation is 1. The second-order valence-electron chi connectivity index (χ2n) is 5.92. The maximum atomic E-state index is 5.65. The molecule has 114 valence electrons. The molecule has 0 aromatic carbocycles. The van der Waals surface area contributed by atoms with E-state index in [0.29, 0.717) is 0 Å².